The fourth-order valence-electron chi connectivity index (χ4n) is 1.47. The summed E-state index contributed by atoms with van der Waals surface area (Å²) in [5.41, 5.74) is 2.24. The number of rotatable bonds is 5. The van der Waals surface area contributed by atoms with Gasteiger partial charge in [-0.15, -0.1) is 6.58 Å². The van der Waals surface area contributed by atoms with Crippen LogP contribution < -0.4 is 5.32 Å². The van der Waals surface area contributed by atoms with Gasteiger partial charge in [0.2, 0.25) is 0 Å². The molecule has 0 spiro atoms. The predicted molar refractivity (Wildman–Crippen MR) is 67.8 cm³/mol. The van der Waals surface area contributed by atoms with Crippen LogP contribution in [0.15, 0.2) is 35.0 Å². The van der Waals surface area contributed by atoms with Crippen LogP contribution in [0, 0.1) is 0 Å². The largest absolute Gasteiger partial charge is 0.309 e. The van der Waals surface area contributed by atoms with E-state index in [-0.39, 0.29) is 6.04 Å². The van der Waals surface area contributed by atoms with Gasteiger partial charge in [0.25, 0.3) is 0 Å². The molecule has 3 heteroatoms. The van der Waals surface area contributed by atoms with Crippen LogP contribution in [-0.4, -0.2) is 11.5 Å². The van der Waals surface area contributed by atoms with E-state index in [0.29, 0.717) is 0 Å². The maximum atomic E-state index is 4.40. The number of halogens is 1. The first-order valence-electron chi connectivity index (χ1n) is 5.12. The molecule has 1 heterocycles. The molecule has 82 valence electrons. The first kappa shape index (κ1) is 12.4. The van der Waals surface area contributed by atoms with Crippen molar-refractivity contribution in [2.75, 3.05) is 6.54 Å². The molecule has 0 fully saturated rings. The Balaban J connectivity index is 2.78. The third-order valence-electron chi connectivity index (χ3n) is 2.11. The van der Waals surface area contributed by atoms with Crippen LogP contribution in [0.1, 0.15) is 32.0 Å². The van der Waals surface area contributed by atoms with Crippen molar-refractivity contribution in [3.8, 4) is 0 Å². The Morgan fingerprint density at radius 3 is 2.80 bits per heavy atom. The molecule has 1 rings (SSSR count). The van der Waals surface area contributed by atoms with Crippen LogP contribution in [-0.2, 0) is 0 Å². The number of nitrogens with zero attached hydrogens (tertiary/aromatic N) is 1. The van der Waals surface area contributed by atoms with E-state index in [4.69, 9.17) is 0 Å². The summed E-state index contributed by atoms with van der Waals surface area (Å²) < 4.78 is 1.01. The lowest BCUT2D eigenvalue weighted by atomic mass is 10.1. The molecule has 0 saturated carbocycles. The molecule has 0 aliphatic carbocycles. The fraction of sp³-hybridized carbons (Fsp3) is 0.417. The van der Waals surface area contributed by atoms with E-state index in [0.717, 1.165) is 23.1 Å². The van der Waals surface area contributed by atoms with Gasteiger partial charge in [0.15, 0.2) is 0 Å². The van der Waals surface area contributed by atoms with E-state index < -0.39 is 0 Å². The van der Waals surface area contributed by atoms with Gasteiger partial charge in [0, 0.05) is 10.7 Å². The average Bonchev–Trinajstić information content (AvgIpc) is 2.17. The lowest BCUT2D eigenvalue weighted by Crippen LogP contribution is -2.21. The molecule has 0 bridgehead atoms. The molecule has 1 aromatic rings. The summed E-state index contributed by atoms with van der Waals surface area (Å²) in [6.45, 7) is 9.03. The molecular formula is C12H17BrN2. The summed E-state index contributed by atoms with van der Waals surface area (Å²) in [7, 11) is 0. The summed E-state index contributed by atoms with van der Waals surface area (Å²) in [4.78, 5) is 4.40. The summed E-state index contributed by atoms with van der Waals surface area (Å²) in [6, 6.07) is 4.34. The van der Waals surface area contributed by atoms with Gasteiger partial charge in [-0.05, 0) is 48.0 Å². The zero-order valence-electron chi connectivity index (χ0n) is 9.26. The number of aromatic nitrogens is 1. The van der Waals surface area contributed by atoms with Gasteiger partial charge >= 0.3 is 0 Å². The second-order valence-corrected chi connectivity index (χ2v) is 4.59. The smallest absolute Gasteiger partial charge is 0.0577 e. The normalized spacial score (nSPS) is 12.5. The van der Waals surface area contributed by atoms with E-state index in [2.05, 4.69) is 39.7 Å². The van der Waals surface area contributed by atoms with Crippen molar-refractivity contribution in [3.05, 3.63) is 40.6 Å². The first-order valence-corrected chi connectivity index (χ1v) is 5.92. The third-order valence-corrected chi connectivity index (χ3v) is 2.58. The molecule has 1 unspecified atom stereocenters. The molecule has 0 saturated heterocycles. The maximum Gasteiger partial charge on any atom is 0.0577 e. The Kier molecular flexibility index (Phi) is 4.99. The van der Waals surface area contributed by atoms with Crippen LogP contribution in [0.2, 0.25) is 0 Å². The van der Waals surface area contributed by atoms with E-state index in [1.807, 2.05) is 25.3 Å². The quantitative estimate of drug-likeness (QED) is 0.828. The summed E-state index contributed by atoms with van der Waals surface area (Å²) in [6.07, 6.45) is 2.76. The van der Waals surface area contributed by atoms with Crippen molar-refractivity contribution in [1.29, 1.82) is 0 Å². The van der Waals surface area contributed by atoms with Crippen LogP contribution in [0.5, 0.6) is 0 Å². The van der Waals surface area contributed by atoms with Gasteiger partial charge in [-0.2, -0.15) is 0 Å². The molecule has 1 aromatic heterocycles. The molecule has 0 aliphatic rings. The van der Waals surface area contributed by atoms with Gasteiger partial charge in [-0.3, -0.25) is 4.98 Å². The highest BCUT2D eigenvalue weighted by molar-refractivity contribution is 9.10. The van der Waals surface area contributed by atoms with E-state index in [9.17, 15) is 0 Å². The minimum atomic E-state index is 0.278. The fourth-order valence-corrected chi connectivity index (χ4v) is 1.70. The van der Waals surface area contributed by atoms with Crippen molar-refractivity contribution in [2.45, 2.75) is 26.3 Å². The van der Waals surface area contributed by atoms with Crippen molar-refractivity contribution >= 4 is 15.9 Å². The molecule has 0 radical (unpaired) electrons. The van der Waals surface area contributed by atoms with Gasteiger partial charge in [0.05, 0.1) is 11.7 Å². The Morgan fingerprint density at radius 1 is 1.60 bits per heavy atom. The molecule has 1 atom stereocenters. The van der Waals surface area contributed by atoms with E-state index in [1.54, 1.807) is 0 Å². The minimum absolute atomic E-state index is 0.278. The van der Waals surface area contributed by atoms with E-state index >= 15 is 0 Å². The standard InChI is InChI=1S/C12H17BrN2/c1-4-14-12(7-9(2)3)11-6-5-10(13)8-15-11/h5-6,8,12,14H,2,4,7H2,1,3H3. The zero-order valence-corrected chi connectivity index (χ0v) is 10.8. The maximum absolute atomic E-state index is 4.40. The second-order valence-electron chi connectivity index (χ2n) is 3.67. The van der Waals surface area contributed by atoms with Gasteiger partial charge in [-0.1, -0.05) is 12.5 Å². The molecule has 0 aromatic carbocycles. The molecule has 0 aliphatic heterocycles. The van der Waals surface area contributed by atoms with Gasteiger partial charge < -0.3 is 5.32 Å². The number of pyridine rings is 1. The van der Waals surface area contributed by atoms with Crippen LogP contribution >= 0.6 is 15.9 Å². The highest BCUT2D eigenvalue weighted by Crippen LogP contribution is 2.19. The zero-order chi connectivity index (χ0) is 11.3. The van der Waals surface area contributed by atoms with Crippen LogP contribution in [0.3, 0.4) is 0 Å². The van der Waals surface area contributed by atoms with Crippen LogP contribution in [0.4, 0.5) is 0 Å². The van der Waals surface area contributed by atoms with Gasteiger partial charge in [-0.25, -0.2) is 0 Å². The minimum Gasteiger partial charge on any atom is -0.309 e. The van der Waals surface area contributed by atoms with Gasteiger partial charge in [0.1, 0.15) is 0 Å². The lowest BCUT2D eigenvalue weighted by Gasteiger charge is -2.17. The lowest BCUT2D eigenvalue weighted by molar-refractivity contribution is 0.535. The highest BCUT2D eigenvalue weighted by Gasteiger charge is 2.11. The Hall–Kier alpha value is -0.670. The Labute approximate surface area is 99.9 Å². The molecule has 2 nitrogen and oxygen atoms in total. The topological polar surface area (TPSA) is 24.9 Å². The van der Waals surface area contributed by atoms with Crippen molar-refractivity contribution in [1.82, 2.24) is 10.3 Å². The van der Waals surface area contributed by atoms with Crippen molar-refractivity contribution < 1.29 is 0 Å². The molecule has 1 N–H and O–H groups in total. The Morgan fingerprint density at radius 2 is 2.33 bits per heavy atom. The van der Waals surface area contributed by atoms with Crippen LogP contribution in [0.25, 0.3) is 0 Å². The summed E-state index contributed by atoms with van der Waals surface area (Å²) in [5.74, 6) is 0. The predicted octanol–water partition coefficient (Wildman–Crippen LogP) is 3.46. The summed E-state index contributed by atoms with van der Waals surface area (Å²) >= 11 is 3.38. The van der Waals surface area contributed by atoms with Crippen molar-refractivity contribution in [3.63, 3.8) is 0 Å². The summed E-state index contributed by atoms with van der Waals surface area (Å²) in [5, 5.41) is 3.41. The Bertz CT molecular complexity index is 319. The average molecular weight is 269 g/mol. The SMILES string of the molecule is C=C(C)CC(NCC)c1ccc(Br)cn1. The molecule has 0 amide bonds. The monoisotopic (exact) mass is 268 g/mol. The number of hydrogen-bond acceptors (Lipinski definition) is 2. The number of nitrogens with one attached hydrogen (secondary N) is 1. The van der Waals surface area contributed by atoms with Crippen molar-refractivity contribution in [2.24, 2.45) is 0 Å². The number of hydrogen-bond donors (Lipinski definition) is 1. The third kappa shape index (κ3) is 4.14. The highest BCUT2D eigenvalue weighted by atomic mass is 79.9. The first-order chi connectivity index (χ1) is 7.13. The van der Waals surface area contributed by atoms with E-state index in [1.165, 1.54) is 5.57 Å². The second kappa shape index (κ2) is 6.03. The molecular weight excluding hydrogens is 252 g/mol. The molecule has 15 heavy (non-hydrogen) atoms.